The molecule has 2 rings (SSSR count). The Kier molecular flexibility index (Phi) is 4.19. The smallest absolute Gasteiger partial charge is 0.306 e. The molecule has 1 aromatic heterocycles. The molecule has 6 heteroatoms. The van der Waals surface area contributed by atoms with Crippen molar-refractivity contribution in [2.24, 2.45) is 5.92 Å². The fourth-order valence-corrected chi connectivity index (χ4v) is 2.43. The minimum atomic E-state index is -0.687. The Morgan fingerprint density at radius 2 is 2.32 bits per heavy atom. The van der Waals surface area contributed by atoms with Crippen molar-refractivity contribution in [1.82, 2.24) is 15.0 Å². The van der Waals surface area contributed by atoms with Gasteiger partial charge >= 0.3 is 5.97 Å². The number of aromatic nitrogens is 2. The molecule has 1 aliphatic rings. The highest BCUT2D eigenvalue weighted by molar-refractivity contribution is 5.70. The molecule has 19 heavy (non-hydrogen) atoms. The molecule has 0 radical (unpaired) electrons. The van der Waals surface area contributed by atoms with Crippen LogP contribution in [0, 0.1) is 5.92 Å². The fraction of sp³-hybridized carbons (Fsp3) is 0.769. The van der Waals surface area contributed by atoms with Gasteiger partial charge in [-0.3, -0.25) is 9.69 Å². The van der Waals surface area contributed by atoms with Gasteiger partial charge in [0.15, 0.2) is 5.82 Å². The Labute approximate surface area is 112 Å². The average Bonchev–Trinajstić information content (AvgIpc) is 2.80. The molecule has 1 aliphatic heterocycles. The molecule has 2 heterocycles. The summed E-state index contributed by atoms with van der Waals surface area (Å²) < 4.78 is 5.18. The highest BCUT2D eigenvalue weighted by atomic mass is 16.5. The summed E-state index contributed by atoms with van der Waals surface area (Å²) in [6, 6.07) is 0.232. The van der Waals surface area contributed by atoms with Crippen LogP contribution < -0.4 is 0 Å². The fourth-order valence-electron chi connectivity index (χ4n) is 2.43. The van der Waals surface area contributed by atoms with Crippen molar-refractivity contribution in [3.8, 4) is 0 Å². The first-order valence-electron chi connectivity index (χ1n) is 6.76. The van der Waals surface area contributed by atoms with Crippen molar-refractivity contribution in [2.45, 2.75) is 52.1 Å². The summed E-state index contributed by atoms with van der Waals surface area (Å²) in [6.45, 7) is 7.47. The second-order valence-electron chi connectivity index (χ2n) is 5.58. The van der Waals surface area contributed by atoms with Crippen LogP contribution in [0.25, 0.3) is 0 Å². The van der Waals surface area contributed by atoms with Gasteiger partial charge in [-0.05, 0) is 26.3 Å². The zero-order valence-corrected chi connectivity index (χ0v) is 11.7. The normalized spacial score (nSPS) is 24.8. The van der Waals surface area contributed by atoms with Crippen LogP contribution in [0.1, 0.15) is 51.2 Å². The highest BCUT2D eigenvalue weighted by Gasteiger charge is 2.30. The summed E-state index contributed by atoms with van der Waals surface area (Å²) >= 11 is 0. The predicted octanol–water partition coefficient (Wildman–Crippen LogP) is 1.88. The maximum atomic E-state index is 11.0. The van der Waals surface area contributed by atoms with Crippen LogP contribution in [0.15, 0.2) is 4.52 Å². The van der Waals surface area contributed by atoms with Crippen LogP contribution in [0.3, 0.4) is 0 Å². The molecular weight excluding hydrogens is 246 g/mol. The molecule has 6 nitrogen and oxygen atoms in total. The second kappa shape index (κ2) is 5.69. The van der Waals surface area contributed by atoms with Crippen molar-refractivity contribution in [2.75, 3.05) is 6.54 Å². The van der Waals surface area contributed by atoms with Crippen LogP contribution in [0.5, 0.6) is 0 Å². The number of aliphatic carboxylic acids is 1. The van der Waals surface area contributed by atoms with Gasteiger partial charge in [0.25, 0.3) is 0 Å². The Hall–Kier alpha value is -1.43. The molecule has 1 aromatic rings. The zero-order valence-electron chi connectivity index (χ0n) is 11.7. The zero-order chi connectivity index (χ0) is 14.0. The van der Waals surface area contributed by atoms with E-state index in [0.717, 1.165) is 6.54 Å². The standard InChI is InChI=1S/C13H21N3O3/c1-8(2)12-14-11(15-19-12)7-16-5-4-10(13(17)18)6-9(16)3/h8-10H,4-7H2,1-3H3,(H,17,18). The van der Waals surface area contributed by atoms with Crippen LogP contribution in [0.2, 0.25) is 0 Å². The minimum Gasteiger partial charge on any atom is -0.481 e. The van der Waals surface area contributed by atoms with E-state index in [2.05, 4.69) is 22.0 Å². The summed E-state index contributed by atoms with van der Waals surface area (Å²) in [5, 5.41) is 13.0. The van der Waals surface area contributed by atoms with Crippen LogP contribution in [-0.2, 0) is 11.3 Å². The monoisotopic (exact) mass is 267 g/mol. The van der Waals surface area contributed by atoms with Gasteiger partial charge in [-0.1, -0.05) is 19.0 Å². The van der Waals surface area contributed by atoms with Gasteiger partial charge in [0, 0.05) is 12.0 Å². The number of carboxylic acids is 1. The van der Waals surface area contributed by atoms with Crippen LogP contribution in [-0.4, -0.2) is 38.7 Å². The van der Waals surface area contributed by atoms with E-state index in [-0.39, 0.29) is 17.9 Å². The Bertz CT molecular complexity index is 444. The summed E-state index contributed by atoms with van der Waals surface area (Å²) in [6.07, 6.45) is 1.37. The highest BCUT2D eigenvalue weighted by Crippen LogP contribution is 2.24. The van der Waals surface area contributed by atoms with Gasteiger partial charge < -0.3 is 9.63 Å². The SMILES string of the molecule is CC(C)c1nc(CN2CCC(C(=O)O)CC2C)no1. The molecule has 0 aliphatic carbocycles. The van der Waals surface area contributed by atoms with Gasteiger partial charge in [-0.15, -0.1) is 0 Å². The lowest BCUT2D eigenvalue weighted by Crippen LogP contribution is -2.42. The lowest BCUT2D eigenvalue weighted by Gasteiger charge is -2.35. The van der Waals surface area contributed by atoms with Crippen LogP contribution in [0.4, 0.5) is 0 Å². The van der Waals surface area contributed by atoms with E-state index in [1.807, 2.05) is 13.8 Å². The van der Waals surface area contributed by atoms with E-state index < -0.39 is 5.97 Å². The quantitative estimate of drug-likeness (QED) is 0.897. The Balaban J connectivity index is 1.94. The maximum Gasteiger partial charge on any atom is 0.306 e. The first-order valence-corrected chi connectivity index (χ1v) is 6.76. The summed E-state index contributed by atoms with van der Waals surface area (Å²) in [5.41, 5.74) is 0. The third-order valence-electron chi connectivity index (χ3n) is 3.69. The third-order valence-corrected chi connectivity index (χ3v) is 3.69. The first-order chi connectivity index (χ1) is 8.97. The van der Waals surface area contributed by atoms with Crippen molar-refractivity contribution >= 4 is 5.97 Å². The van der Waals surface area contributed by atoms with Gasteiger partial charge in [0.2, 0.25) is 5.89 Å². The van der Waals surface area contributed by atoms with E-state index in [4.69, 9.17) is 9.63 Å². The number of rotatable bonds is 4. The number of carboxylic acid groups (broad SMARTS) is 1. The van der Waals surface area contributed by atoms with Crippen LogP contribution >= 0.6 is 0 Å². The molecular formula is C13H21N3O3. The van der Waals surface area contributed by atoms with E-state index in [0.29, 0.717) is 31.1 Å². The predicted molar refractivity (Wildman–Crippen MR) is 68.6 cm³/mol. The van der Waals surface area contributed by atoms with Gasteiger partial charge in [-0.2, -0.15) is 4.98 Å². The van der Waals surface area contributed by atoms with E-state index >= 15 is 0 Å². The number of piperidine rings is 1. The van der Waals surface area contributed by atoms with Gasteiger partial charge in [0.1, 0.15) is 0 Å². The molecule has 2 atom stereocenters. The molecule has 0 amide bonds. The lowest BCUT2D eigenvalue weighted by atomic mass is 9.92. The summed E-state index contributed by atoms with van der Waals surface area (Å²) in [4.78, 5) is 17.6. The lowest BCUT2D eigenvalue weighted by molar-refractivity contribution is -0.144. The number of hydrogen-bond donors (Lipinski definition) is 1. The molecule has 1 fully saturated rings. The Morgan fingerprint density at radius 3 is 2.84 bits per heavy atom. The van der Waals surface area contributed by atoms with Gasteiger partial charge in [0.05, 0.1) is 12.5 Å². The Morgan fingerprint density at radius 1 is 1.58 bits per heavy atom. The largest absolute Gasteiger partial charge is 0.481 e. The molecule has 1 saturated heterocycles. The molecule has 106 valence electrons. The second-order valence-corrected chi connectivity index (χ2v) is 5.58. The third kappa shape index (κ3) is 3.32. The molecule has 0 spiro atoms. The van der Waals surface area contributed by atoms with Gasteiger partial charge in [-0.25, -0.2) is 0 Å². The van der Waals surface area contributed by atoms with E-state index in [1.165, 1.54) is 0 Å². The van der Waals surface area contributed by atoms with Crippen molar-refractivity contribution in [3.05, 3.63) is 11.7 Å². The maximum absolute atomic E-state index is 11.0. The number of likely N-dealkylation sites (tertiary alicyclic amines) is 1. The average molecular weight is 267 g/mol. The topological polar surface area (TPSA) is 79.5 Å². The first kappa shape index (κ1) is 14.0. The molecule has 1 N–H and O–H groups in total. The summed E-state index contributed by atoms with van der Waals surface area (Å²) in [5.74, 6) is 0.666. The molecule has 0 bridgehead atoms. The number of nitrogens with zero attached hydrogens (tertiary/aromatic N) is 3. The minimum absolute atomic E-state index is 0.220. The van der Waals surface area contributed by atoms with Crippen molar-refractivity contribution < 1.29 is 14.4 Å². The van der Waals surface area contributed by atoms with Crippen molar-refractivity contribution in [1.29, 1.82) is 0 Å². The van der Waals surface area contributed by atoms with E-state index in [1.54, 1.807) is 0 Å². The van der Waals surface area contributed by atoms with E-state index in [9.17, 15) is 4.79 Å². The number of hydrogen-bond acceptors (Lipinski definition) is 5. The summed E-state index contributed by atoms with van der Waals surface area (Å²) in [7, 11) is 0. The molecule has 0 saturated carbocycles. The van der Waals surface area contributed by atoms with Crippen molar-refractivity contribution in [3.63, 3.8) is 0 Å². The molecule has 0 aromatic carbocycles. The molecule has 2 unspecified atom stereocenters. The number of carbonyl (C=O) groups is 1.